The second kappa shape index (κ2) is 8.74. The number of nitrogens with two attached hydrogens (primary N) is 1. The minimum absolute atomic E-state index is 0.181. The van der Waals surface area contributed by atoms with Crippen LogP contribution in [0.3, 0.4) is 0 Å². The van der Waals surface area contributed by atoms with Gasteiger partial charge >= 0.3 is 6.01 Å². The van der Waals surface area contributed by atoms with Gasteiger partial charge in [0.05, 0.1) is 5.39 Å². The van der Waals surface area contributed by atoms with Crippen LogP contribution in [0.4, 0.5) is 5.82 Å². The highest BCUT2D eigenvalue weighted by molar-refractivity contribution is 6.02. The average Bonchev–Trinajstić information content (AvgIpc) is 3.43. The lowest BCUT2D eigenvalue weighted by atomic mass is 9.94. The largest absolute Gasteiger partial charge is 0.424 e. The van der Waals surface area contributed by atoms with Crippen molar-refractivity contribution in [2.45, 2.75) is 32.6 Å². The van der Waals surface area contributed by atoms with Crippen molar-refractivity contribution in [3.8, 4) is 22.9 Å². The fourth-order valence-corrected chi connectivity index (χ4v) is 4.77. The minimum atomic E-state index is 0.181. The molecule has 0 bridgehead atoms. The van der Waals surface area contributed by atoms with Gasteiger partial charge in [0.15, 0.2) is 0 Å². The molecule has 0 aliphatic carbocycles. The lowest BCUT2D eigenvalue weighted by Crippen LogP contribution is -2.27. The quantitative estimate of drug-likeness (QED) is 0.485. The van der Waals surface area contributed by atoms with Crippen LogP contribution in [0.5, 0.6) is 11.8 Å². The van der Waals surface area contributed by atoms with Gasteiger partial charge in [-0.05, 0) is 37.1 Å². The predicted octanol–water partition coefficient (Wildman–Crippen LogP) is 3.83. The van der Waals surface area contributed by atoms with E-state index in [1.165, 1.54) is 6.33 Å². The highest BCUT2D eigenvalue weighted by Crippen LogP contribution is 2.42. The lowest BCUT2D eigenvalue weighted by Gasteiger charge is -2.18. The van der Waals surface area contributed by atoms with E-state index in [0.717, 1.165) is 46.5 Å². The van der Waals surface area contributed by atoms with E-state index in [1.54, 1.807) is 6.20 Å². The molecule has 9 nitrogen and oxygen atoms in total. The number of hydrogen-bond acceptors (Lipinski definition) is 7. The van der Waals surface area contributed by atoms with Gasteiger partial charge in [0, 0.05) is 55.6 Å². The lowest BCUT2D eigenvalue weighted by molar-refractivity contribution is -0.129. The molecule has 34 heavy (non-hydrogen) atoms. The third-order valence-corrected chi connectivity index (χ3v) is 6.40. The summed E-state index contributed by atoms with van der Waals surface area (Å²) in [7, 11) is 2.00. The first kappa shape index (κ1) is 21.8. The first-order valence-corrected chi connectivity index (χ1v) is 11.4. The number of nitrogens with zero attached hydrogens (tertiary/aromatic N) is 6. The Bertz CT molecular complexity index is 1360. The topological polar surface area (TPSA) is 112 Å². The number of carbonyl (C=O) groups excluding carboxylic acids is 1. The highest BCUT2D eigenvalue weighted by atomic mass is 16.5. The van der Waals surface area contributed by atoms with E-state index in [1.807, 2.05) is 56.1 Å². The maximum Gasteiger partial charge on any atom is 0.322 e. The molecule has 1 fully saturated rings. The van der Waals surface area contributed by atoms with E-state index in [2.05, 4.69) is 24.5 Å². The molecule has 3 aromatic heterocycles. The van der Waals surface area contributed by atoms with Crippen LogP contribution in [-0.4, -0.2) is 48.4 Å². The average molecular weight is 458 g/mol. The zero-order valence-electron chi connectivity index (χ0n) is 19.5. The van der Waals surface area contributed by atoms with Gasteiger partial charge in [0.1, 0.15) is 23.5 Å². The SMILES string of the molecule is CCC(=O)N1CC[C@H](c2c(-c3ccc(Oc4nccc(C)n4)cc3)c3c(N)ncnc3n2C)C1. The summed E-state index contributed by atoms with van der Waals surface area (Å²) in [6.07, 6.45) is 4.57. The van der Waals surface area contributed by atoms with Gasteiger partial charge in [-0.3, -0.25) is 4.79 Å². The maximum atomic E-state index is 12.3. The number of nitrogen functional groups attached to an aromatic ring is 1. The summed E-state index contributed by atoms with van der Waals surface area (Å²) in [4.78, 5) is 31.5. The second-order valence-corrected chi connectivity index (χ2v) is 8.56. The number of ether oxygens (including phenoxy) is 1. The molecule has 5 rings (SSSR count). The smallest absolute Gasteiger partial charge is 0.322 e. The molecular formula is C25H27N7O2. The van der Waals surface area contributed by atoms with Crippen LogP contribution in [0.25, 0.3) is 22.2 Å². The standard InChI is InChI=1S/C25H27N7O2/c1-4-19(33)32-12-10-17(13-32)22-20(21-23(26)28-14-29-24(21)31(22)3)16-5-7-18(8-6-16)34-25-27-11-9-15(2)30-25/h5-9,11,14,17H,4,10,12-13H2,1-3H3,(H2,26,28,29)/t17-/m0/s1. The summed E-state index contributed by atoms with van der Waals surface area (Å²) >= 11 is 0. The molecule has 0 spiro atoms. The molecule has 9 heteroatoms. The fraction of sp³-hybridized carbons (Fsp3) is 0.320. The monoisotopic (exact) mass is 457 g/mol. The number of rotatable bonds is 5. The second-order valence-electron chi connectivity index (χ2n) is 8.56. The van der Waals surface area contributed by atoms with Gasteiger partial charge in [-0.25, -0.2) is 19.9 Å². The fourth-order valence-electron chi connectivity index (χ4n) is 4.77. The summed E-state index contributed by atoms with van der Waals surface area (Å²) in [6, 6.07) is 9.92. The molecule has 1 saturated heterocycles. The number of amides is 1. The number of carbonyl (C=O) groups is 1. The zero-order chi connectivity index (χ0) is 23.8. The number of aromatic nitrogens is 5. The number of anilines is 1. The van der Waals surface area contributed by atoms with E-state index < -0.39 is 0 Å². The summed E-state index contributed by atoms with van der Waals surface area (Å²) < 4.78 is 7.92. The zero-order valence-corrected chi connectivity index (χ0v) is 19.5. The van der Waals surface area contributed by atoms with Gasteiger partial charge in [-0.1, -0.05) is 19.1 Å². The van der Waals surface area contributed by atoms with Crippen LogP contribution in [-0.2, 0) is 11.8 Å². The Labute approximate surface area is 197 Å². The van der Waals surface area contributed by atoms with Crippen LogP contribution in [0.15, 0.2) is 42.9 Å². The Morgan fingerprint density at radius 1 is 1.18 bits per heavy atom. The van der Waals surface area contributed by atoms with Crippen molar-refractivity contribution in [1.82, 2.24) is 29.4 Å². The van der Waals surface area contributed by atoms with E-state index in [0.29, 0.717) is 30.5 Å². The van der Waals surface area contributed by atoms with Crippen LogP contribution in [0.1, 0.15) is 37.1 Å². The molecule has 0 saturated carbocycles. The summed E-state index contributed by atoms with van der Waals surface area (Å²) in [5.41, 5.74) is 11.1. The number of hydrogen-bond donors (Lipinski definition) is 1. The van der Waals surface area contributed by atoms with E-state index in [-0.39, 0.29) is 11.8 Å². The Hall–Kier alpha value is -4.01. The third-order valence-electron chi connectivity index (χ3n) is 6.40. The van der Waals surface area contributed by atoms with Gasteiger partial charge in [0.2, 0.25) is 5.91 Å². The molecule has 174 valence electrons. The molecular weight excluding hydrogens is 430 g/mol. The molecule has 2 N–H and O–H groups in total. The van der Waals surface area contributed by atoms with E-state index in [9.17, 15) is 4.79 Å². The highest BCUT2D eigenvalue weighted by Gasteiger charge is 2.32. The number of benzene rings is 1. The van der Waals surface area contributed by atoms with Gasteiger partial charge in [-0.2, -0.15) is 0 Å². The Balaban J connectivity index is 1.56. The van der Waals surface area contributed by atoms with Crippen molar-refractivity contribution in [2.24, 2.45) is 7.05 Å². The van der Waals surface area contributed by atoms with Gasteiger partial charge in [0.25, 0.3) is 0 Å². The summed E-state index contributed by atoms with van der Waals surface area (Å²) in [5, 5.41) is 0.830. The molecule has 0 unspecified atom stereocenters. The van der Waals surface area contributed by atoms with Crippen LogP contribution in [0.2, 0.25) is 0 Å². The number of aryl methyl sites for hydroxylation is 2. The maximum absolute atomic E-state index is 12.3. The summed E-state index contributed by atoms with van der Waals surface area (Å²) in [6.45, 7) is 5.23. The van der Waals surface area contributed by atoms with Crippen molar-refractivity contribution in [2.75, 3.05) is 18.8 Å². The molecule has 1 aliphatic rings. The van der Waals surface area contributed by atoms with Gasteiger partial charge < -0.3 is 19.9 Å². The van der Waals surface area contributed by atoms with Crippen molar-refractivity contribution >= 4 is 22.8 Å². The Kier molecular flexibility index (Phi) is 5.61. The number of likely N-dealkylation sites (tertiary alicyclic amines) is 1. The molecule has 1 amide bonds. The van der Waals surface area contributed by atoms with Crippen molar-refractivity contribution in [3.05, 3.63) is 54.2 Å². The predicted molar refractivity (Wildman–Crippen MR) is 129 cm³/mol. The van der Waals surface area contributed by atoms with Crippen molar-refractivity contribution < 1.29 is 9.53 Å². The summed E-state index contributed by atoms with van der Waals surface area (Å²) in [5.74, 6) is 1.44. The van der Waals surface area contributed by atoms with Crippen LogP contribution >= 0.6 is 0 Å². The normalized spacial score (nSPS) is 15.7. The molecule has 1 atom stereocenters. The number of fused-ring (bicyclic) bond motifs is 1. The minimum Gasteiger partial charge on any atom is -0.424 e. The Morgan fingerprint density at radius 3 is 2.71 bits per heavy atom. The first-order chi connectivity index (χ1) is 16.5. The molecule has 4 aromatic rings. The molecule has 4 heterocycles. The molecule has 1 aliphatic heterocycles. The third kappa shape index (κ3) is 3.83. The van der Waals surface area contributed by atoms with E-state index in [4.69, 9.17) is 10.5 Å². The van der Waals surface area contributed by atoms with Crippen molar-refractivity contribution in [3.63, 3.8) is 0 Å². The molecule has 0 radical (unpaired) electrons. The van der Waals surface area contributed by atoms with Crippen molar-refractivity contribution in [1.29, 1.82) is 0 Å². The van der Waals surface area contributed by atoms with Crippen LogP contribution in [0, 0.1) is 6.92 Å². The van der Waals surface area contributed by atoms with Gasteiger partial charge in [-0.15, -0.1) is 0 Å². The first-order valence-electron chi connectivity index (χ1n) is 11.4. The van der Waals surface area contributed by atoms with Crippen LogP contribution < -0.4 is 10.5 Å². The Morgan fingerprint density at radius 2 is 1.97 bits per heavy atom. The molecule has 1 aromatic carbocycles. The van der Waals surface area contributed by atoms with E-state index >= 15 is 0 Å².